The van der Waals surface area contributed by atoms with Gasteiger partial charge < -0.3 is 20.4 Å². The first-order valence-corrected chi connectivity index (χ1v) is 7.67. The van der Waals surface area contributed by atoms with E-state index in [2.05, 4.69) is 36.1 Å². The van der Waals surface area contributed by atoms with E-state index in [0.717, 1.165) is 36.0 Å². The van der Waals surface area contributed by atoms with Gasteiger partial charge in [0.2, 0.25) is 0 Å². The topological polar surface area (TPSA) is 81.5 Å². The zero-order chi connectivity index (χ0) is 15.6. The minimum atomic E-state index is -0.714. The molecule has 21 heavy (non-hydrogen) atoms. The lowest BCUT2D eigenvalue weighted by molar-refractivity contribution is 0.0572. The predicted octanol–water partition coefficient (Wildman–Crippen LogP) is 1.27. The van der Waals surface area contributed by atoms with Crippen LogP contribution in [0.25, 0.3) is 0 Å². The lowest BCUT2D eigenvalue weighted by Crippen LogP contribution is -2.25. The molecule has 2 atom stereocenters. The van der Waals surface area contributed by atoms with Gasteiger partial charge in [0.15, 0.2) is 0 Å². The summed E-state index contributed by atoms with van der Waals surface area (Å²) in [6.07, 6.45) is -0.403. The maximum atomic E-state index is 9.76. The lowest BCUT2D eigenvalue weighted by Gasteiger charge is -2.22. The molecule has 1 fully saturated rings. The number of aliphatic hydroxyl groups excluding tert-OH is 2. The van der Waals surface area contributed by atoms with Crippen molar-refractivity contribution in [2.45, 2.75) is 52.2 Å². The van der Waals surface area contributed by atoms with Gasteiger partial charge in [-0.1, -0.05) is 20.8 Å². The summed E-state index contributed by atoms with van der Waals surface area (Å²) in [4.78, 5) is 11.2. The highest BCUT2D eigenvalue weighted by Crippen LogP contribution is 2.28. The molecule has 0 bridgehead atoms. The number of nitrogens with zero attached hydrogens (tertiary/aromatic N) is 3. The smallest absolute Gasteiger partial charge is 0.137 e. The molecule has 0 aliphatic carbocycles. The van der Waals surface area contributed by atoms with Gasteiger partial charge in [-0.25, -0.2) is 9.97 Å². The highest BCUT2D eigenvalue weighted by Gasteiger charge is 2.32. The summed E-state index contributed by atoms with van der Waals surface area (Å²) >= 11 is 0. The van der Waals surface area contributed by atoms with Gasteiger partial charge in [0.1, 0.15) is 17.5 Å². The van der Waals surface area contributed by atoms with Crippen LogP contribution in [0.1, 0.15) is 44.5 Å². The molecule has 2 heterocycles. The van der Waals surface area contributed by atoms with Gasteiger partial charge in [0.25, 0.3) is 0 Å². The van der Waals surface area contributed by atoms with Crippen LogP contribution in [0, 0.1) is 6.92 Å². The largest absolute Gasteiger partial charge is 0.389 e. The molecule has 1 saturated heterocycles. The van der Waals surface area contributed by atoms with Gasteiger partial charge >= 0.3 is 0 Å². The Morgan fingerprint density at radius 1 is 1.24 bits per heavy atom. The first kappa shape index (κ1) is 16.0. The fourth-order valence-corrected chi connectivity index (χ4v) is 2.45. The molecular weight excluding hydrogens is 268 g/mol. The number of nitrogens with one attached hydrogen (secondary N) is 1. The van der Waals surface area contributed by atoms with Crippen LogP contribution in [0.15, 0.2) is 0 Å². The van der Waals surface area contributed by atoms with Crippen LogP contribution < -0.4 is 10.2 Å². The standard InChI is InChI=1S/C15H26N4O2/c1-5-6-16-14-10(4)15(18-13(17-14)9(2)3)19-7-11(20)12(21)8-19/h9,11-12,20-21H,5-8H2,1-4H3,(H,16,17,18). The van der Waals surface area contributed by atoms with Gasteiger partial charge in [0, 0.05) is 31.1 Å². The predicted molar refractivity (Wildman–Crippen MR) is 83.9 cm³/mol. The Balaban J connectivity index is 2.36. The third kappa shape index (κ3) is 3.44. The fraction of sp³-hybridized carbons (Fsp3) is 0.733. The van der Waals surface area contributed by atoms with Crippen LogP contribution in [0.4, 0.5) is 11.6 Å². The summed E-state index contributed by atoms with van der Waals surface area (Å²) in [5, 5.41) is 22.9. The van der Waals surface area contributed by atoms with Crippen LogP contribution in [-0.4, -0.2) is 52.0 Å². The molecular formula is C15H26N4O2. The molecule has 0 aromatic carbocycles. The Morgan fingerprint density at radius 2 is 1.86 bits per heavy atom. The normalized spacial score (nSPS) is 22.1. The fourth-order valence-electron chi connectivity index (χ4n) is 2.45. The Kier molecular flexibility index (Phi) is 5.00. The van der Waals surface area contributed by atoms with Crippen LogP contribution in [-0.2, 0) is 0 Å². The monoisotopic (exact) mass is 294 g/mol. The second-order valence-corrected chi connectivity index (χ2v) is 6.00. The van der Waals surface area contributed by atoms with Crippen molar-refractivity contribution in [3.05, 3.63) is 11.4 Å². The number of hydrogen-bond acceptors (Lipinski definition) is 6. The maximum absolute atomic E-state index is 9.76. The summed E-state index contributed by atoms with van der Waals surface area (Å²) in [6.45, 7) is 9.89. The first-order chi connectivity index (χ1) is 9.93. The number of β-amino-alcohol motifs (C(OH)–C–C–N with tert-alkyl or cyclic N) is 2. The molecule has 3 N–H and O–H groups in total. The molecule has 2 rings (SSSR count). The number of anilines is 2. The van der Waals surface area contributed by atoms with Crippen molar-refractivity contribution < 1.29 is 10.2 Å². The molecule has 0 spiro atoms. The van der Waals surface area contributed by atoms with Crippen LogP contribution in [0.3, 0.4) is 0 Å². The summed E-state index contributed by atoms with van der Waals surface area (Å²) in [5.41, 5.74) is 0.967. The second-order valence-electron chi connectivity index (χ2n) is 6.00. The van der Waals surface area contributed by atoms with E-state index in [0.29, 0.717) is 13.1 Å². The highest BCUT2D eigenvalue weighted by molar-refractivity contribution is 5.59. The average molecular weight is 294 g/mol. The van der Waals surface area contributed by atoms with E-state index in [4.69, 9.17) is 0 Å². The average Bonchev–Trinajstić information content (AvgIpc) is 2.77. The van der Waals surface area contributed by atoms with Crippen LogP contribution in [0.2, 0.25) is 0 Å². The molecule has 1 aromatic heterocycles. The lowest BCUT2D eigenvalue weighted by atomic mass is 10.2. The Bertz CT molecular complexity index is 483. The summed E-state index contributed by atoms with van der Waals surface area (Å²) in [5.74, 6) is 2.67. The molecule has 2 unspecified atom stereocenters. The third-order valence-corrected chi connectivity index (χ3v) is 3.75. The zero-order valence-corrected chi connectivity index (χ0v) is 13.3. The van der Waals surface area contributed by atoms with Crippen molar-refractivity contribution >= 4 is 11.6 Å². The van der Waals surface area contributed by atoms with E-state index in [-0.39, 0.29) is 5.92 Å². The third-order valence-electron chi connectivity index (χ3n) is 3.75. The van der Waals surface area contributed by atoms with E-state index in [1.807, 2.05) is 11.8 Å². The zero-order valence-electron chi connectivity index (χ0n) is 13.3. The summed E-state index contributed by atoms with van der Waals surface area (Å²) in [6, 6.07) is 0. The van der Waals surface area contributed by atoms with Gasteiger partial charge in [-0.15, -0.1) is 0 Å². The summed E-state index contributed by atoms with van der Waals surface area (Å²) < 4.78 is 0. The Hall–Kier alpha value is -1.40. The summed E-state index contributed by atoms with van der Waals surface area (Å²) in [7, 11) is 0. The second kappa shape index (κ2) is 6.58. The highest BCUT2D eigenvalue weighted by atomic mass is 16.3. The van der Waals surface area contributed by atoms with Crippen molar-refractivity contribution in [2.24, 2.45) is 0 Å². The van der Waals surface area contributed by atoms with Gasteiger partial charge in [-0.3, -0.25) is 0 Å². The molecule has 0 radical (unpaired) electrons. The number of hydrogen-bond donors (Lipinski definition) is 3. The molecule has 1 aliphatic heterocycles. The van der Waals surface area contributed by atoms with E-state index in [9.17, 15) is 10.2 Å². The van der Waals surface area contributed by atoms with Gasteiger partial charge in [-0.2, -0.15) is 0 Å². The molecule has 118 valence electrons. The maximum Gasteiger partial charge on any atom is 0.137 e. The molecule has 6 heteroatoms. The van der Waals surface area contributed by atoms with E-state index in [1.165, 1.54) is 0 Å². The van der Waals surface area contributed by atoms with Crippen molar-refractivity contribution in [2.75, 3.05) is 29.9 Å². The van der Waals surface area contributed by atoms with Crippen molar-refractivity contribution in [3.63, 3.8) is 0 Å². The van der Waals surface area contributed by atoms with Crippen molar-refractivity contribution in [1.29, 1.82) is 0 Å². The minimum Gasteiger partial charge on any atom is -0.389 e. The van der Waals surface area contributed by atoms with E-state index < -0.39 is 12.2 Å². The quantitative estimate of drug-likeness (QED) is 0.759. The van der Waals surface area contributed by atoms with E-state index in [1.54, 1.807) is 0 Å². The first-order valence-electron chi connectivity index (χ1n) is 7.67. The minimum absolute atomic E-state index is 0.226. The van der Waals surface area contributed by atoms with Gasteiger partial charge in [-0.05, 0) is 13.3 Å². The Labute approximate surface area is 126 Å². The molecule has 1 aromatic rings. The number of rotatable bonds is 5. The van der Waals surface area contributed by atoms with E-state index >= 15 is 0 Å². The number of aromatic nitrogens is 2. The Morgan fingerprint density at radius 3 is 2.38 bits per heavy atom. The number of aliphatic hydroxyl groups is 2. The molecule has 0 saturated carbocycles. The SMILES string of the molecule is CCCNc1nc(C(C)C)nc(N2CC(O)C(O)C2)c1C. The van der Waals surface area contributed by atoms with Gasteiger partial charge in [0.05, 0.1) is 12.2 Å². The van der Waals surface area contributed by atoms with Crippen LogP contribution in [0.5, 0.6) is 0 Å². The molecule has 1 aliphatic rings. The molecule has 6 nitrogen and oxygen atoms in total. The van der Waals surface area contributed by atoms with Crippen molar-refractivity contribution in [1.82, 2.24) is 9.97 Å². The van der Waals surface area contributed by atoms with Crippen LogP contribution >= 0.6 is 0 Å². The van der Waals surface area contributed by atoms with Crippen molar-refractivity contribution in [3.8, 4) is 0 Å². The molecule has 0 amide bonds.